The standard InChI is InChI=1S/C27H33N5O3/c1-20-19-24(22-11-7-8-12-23(22)29-20)30-25(33)28-15-18-32-16-13-27(14-17-32,35-26(34)31(2)3)21-9-5-4-6-10-21/h4-12,19H,13-18H2,1-3H3,(H2,28,29,30,33). The van der Waals surface area contributed by atoms with E-state index >= 15 is 0 Å². The lowest BCUT2D eigenvalue weighted by Gasteiger charge is -2.42. The van der Waals surface area contributed by atoms with Crippen LogP contribution in [-0.4, -0.2) is 67.2 Å². The lowest BCUT2D eigenvalue weighted by molar-refractivity contribution is -0.0496. The quantitative estimate of drug-likeness (QED) is 0.553. The number of carbonyl (C=O) groups excluding carboxylic acids is 2. The molecule has 8 nitrogen and oxygen atoms in total. The van der Waals surface area contributed by atoms with E-state index in [1.165, 1.54) is 4.90 Å². The van der Waals surface area contributed by atoms with E-state index in [9.17, 15) is 9.59 Å². The van der Waals surface area contributed by atoms with Crippen LogP contribution in [0.15, 0.2) is 60.7 Å². The fourth-order valence-electron chi connectivity index (χ4n) is 4.49. The number of nitrogens with zero attached hydrogens (tertiary/aromatic N) is 3. The molecule has 0 bridgehead atoms. The average molecular weight is 476 g/mol. The van der Waals surface area contributed by atoms with Gasteiger partial charge in [-0.1, -0.05) is 48.5 Å². The molecule has 4 rings (SSSR count). The molecule has 3 aromatic rings. The van der Waals surface area contributed by atoms with Crippen molar-refractivity contribution in [2.24, 2.45) is 0 Å². The largest absolute Gasteiger partial charge is 0.438 e. The van der Waals surface area contributed by atoms with Gasteiger partial charge in [-0.3, -0.25) is 4.98 Å². The van der Waals surface area contributed by atoms with Crippen molar-refractivity contribution in [1.29, 1.82) is 0 Å². The van der Waals surface area contributed by atoms with Gasteiger partial charge in [-0.2, -0.15) is 0 Å². The first-order chi connectivity index (χ1) is 16.9. The molecule has 2 aromatic carbocycles. The second-order valence-electron chi connectivity index (χ2n) is 9.17. The third kappa shape index (κ3) is 5.89. The number of pyridine rings is 1. The molecule has 1 aliphatic rings. The summed E-state index contributed by atoms with van der Waals surface area (Å²) in [6.45, 7) is 4.69. The molecule has 1 fully saturated rings. The number of hydrogen-bond donors (Lipinski definition) is 2. The lowest BCUT2D eigenvalue weighted by atomic mass is 9.84. The molecule has 0 radical (unpaired) electrons. The molecule has 1 aromatic heterocycles. The molecule has 1 saturated heterocycles. The Morgan fingerprint density at radius 2 is 1.74 bits per heavy atom. The summed E-state index contributed by atoms with van der Waals surface area (Å²) >= 11 is 0. The Kier molecular flexibility index (Phi) is 7.51. The van der Waals surface area contributed by atoms with Gasteiger partial charge >= 0.3 is 12.1 Å². The van der Waals surface area contributed by atoms with Gasteiger partial charge in [0.1, 0.15) is 5.60 Å². The maximum absolute atomic E-state index is 12.6. The van der Waals surface area contributed by atoms with Crippen LogP contribution in [0.5, 0.6) is 0 Å². The monoisotopic (exact) mass is 475 g/mol. The van der Waals surface area contributed by atoms with Crippen LogP contribution in [-0.2, 0) is 10.3 Å². The number of rotatable bonds is 6. The highest BCUT2D eigenvalue weighted by atomic mass is 16.6. The van der Waals surface area contributed by atoms with Gasteiger partial charge in [0.15, 0.2) is 0 Å². The number of anilines is 1. The van der Waals surface area contributed by atoms with Crippen LogP contribution in [0.4, 0.5) is 15.3 Å². The van der Waals surface area contributed by atoms with E-state index in [0.29, 0.717) is 19.4 Å². The van der Waals surface area contributed by atoms with Gasteiger partial charge in [-0.25, -0.2) is 9.59 Å². The predicted molar refractivity (Wildman–Crippen MR) is 137 cm³/mol. The highest BCUT2D eigenvalue weighted by Crippen LogP contribution is 2.37. The maximum Gasteiger partial charge on any atom is 0.410 e. The van der Waals surface area contributed by atoms with E-state index in [1.807, 2.05) is 67.6 Å². The highest BCUT2D eigenvalue weighted by Gasteiger charge is 2.40. The van der Waals surface area contributed by atoms with E-state index in [4.69, 9.17) is 4.74 Å². The lowest BCUT2D eigenvalue weighted by Crippen LogP contribution is -2.48. The van der Waals surface area contributed by atoms with Gasteiger partial charge in [0.05, 0.1) is 11.2 Å². The summed E-state index contributed by atoms with van der Waals surface area (Å²) in [4.78, 5) is 33.2. The third-order valence-corrected chi connectivity index (χ3v) is 6.42. The van der Waals surface area contributed by atoms with Crippen LogP contribution in [0.1, 0.15) is 24.1 Å². The summed E-state index contributed by atoms with van der Waals surface area (Å²) in [6, 6.07) is 19.4. The number of urea groups is 1. The smallest absolute Gasteiger partial charge is 0.410 e. The van der Waals surface area contributed by atoms with Gasteiger partial charge in [-0.15, -0.1) is 0 Å². The van der Waals surface area contributed by atoms with Crippen LogP contribution >= 0.6 is 0 Å². The fourth-order valence-corrected chi connectivity index (χ4v) is 4.49. The minimum Gasteiger partial charge on any atom is -0.438 e. The molecule has 35 heavy (non-hydrogen) atoms. The van der Waals surface area contributed by atoms with Crippen molar-refractivity contribution < 1.29 is 14.3 Å². The number of carbonyl (C=O) groups is 2. The molecule has 1 aliphatic heterocycles. The Balaban J connectivity index is 1.31. The number of amides is 3. The molecule has 184 valence electrons. The van der Waals surface area contributed by atoms with E-state index in [2.05, 4.69) is 20.5 Å². The number of aryl methyl sites for hydroxylation is 1. The van der Waals surface area contributed by atoms with Crippen LogP contribution in [0.3, 0.4) is 0 Å². The molecule has 8 heteroatoms. The normalized spacial score (nSPS) is 15.4. The summed E-state index contributed by atoms with van der Waals surface area (Å²) in [7, 11) is 3.39. The minimum absolute atomic E-state index is 0.240. The average Bonchev–Trinajstić information content (AvgIpc) is 2.85. The van der Waals surface area contributed by atoms with Crippen molar-refractivity contribution in [3.05, 3.63) is 71.9 Å². The van der Waals surface area contributed by atoms with Gasteiger partial charge in [0, 0.05) is 64.2 Å². The zero-order valence-corrected chi connectivity index (χ0v) is 20.6. The zero-order valence-electron chi connectivity index (χ0n) is 20.6. The van der Waals surface area contributed by atoms with Crippen molar-refractivity contribution >= 4 is 28.7 Å². The second kappa shape index (κ2) is 10.7. The predicted octanol–water partition coefficient (Wildman–Crippen LogP) is 4.35. The summed E-state index contributed by atoms with van der Waals surface area (Å²) < 4.78 is 6.00. The van der Waals surface area contributed by atoms with E-state index in [1.54, 1.807) is 14.1 Å². The molecule has 0 spiro atoms. The Bertz CT molecular complexity index is 1170. The van der Waals surface area contributed by atoms with Crippen molar-refractivity contribution in [2.75, 3.05) is 45.6 Å². The van der Waals surface area contributed by atoms with Crippen molar-refractivity contribution in [2.45, 2.75) is 25.4 Å². The number of aromatic nitrogens is 1. The first-order valence-corrected chi connectivity index (χ1v) is 12.0. The number of nitrogens with one attached hydrogen (secondary N) is 2. The van der Waals surface area contributed by atoms with E-state index in [-0.39, 0.29) is 12.1 Å². The molecule has 0 saturated carbocycles. The second-order valence-corrected chi connectivity index (χ2v) is 9.17. The fraction of sp³-hybridized carbons (Fsp3) is 0.370. The Morgan fingerprint density at radius 3 is 2.46 bits per heavy atom. The van der Waals surface area contributed by atoms with Gasteiger partial charge < -0.3 is 25.2 Å². The van der Waals surface area contributed by atoms with Gasteiger partial charge in [-0.05, 0) is 24.6 Å². The molecule has 2 heterocycles. The third-order valence-electron chi connectivity index (χ3n) is 6.42. The minimum atomic E-state index is -0.635. The SMILES string of the molecule is Cc1cc(NC(=O)NCCN2CCC(OC(=O)N(C)C)(c3ccccc3)CC2)c2ccccc2n1. The Morgan fingerprint density at radius 1 is 1.06 bits per heavy atom. The van der Waals surface area contributed by atoms with Crippen LogP contribution in [0.25, 0.3) is 10.9 Å². The number of hydrogen-bond acceptors (Lipinski definition) is 5. The highest BCUT2D eigenvalue weighted by molar-refractivity contribution is 6.00. The van der Waals surface area contributed by atoms with Crippen molar-refractivity contribution in [3.63, 3.8) is 0 Å². The zero-order chi connectivity index (χ0) is 24.8. The number of likely N-dealkylation sites (tertiary alicyclic amines) is 1. The maximum atomic E-state index is 12.6. The van der Waals surface area contributed by atoms with Crippen LogP contribution in [0.2, 0.25) is 0 Å². The van der Waals surface area contributed by atoms with Crippen molar-refractivity contribution in [1.82, 2.24) is 20.1 Å². The summed E-state index contributed by atoms with van der Waals surface area (Å²) in [6.07, 6.45) is 1.07. The number of fused-ring (bicyclic) bond motifs is 1. The summed E-state index contributed by atoms with van der Waals surface area (Å²) in [5, 5.41) is 6.83. The first kappa shape index (κ1) is 24.5. The summed E-state index contributed by atoms with van der Waals surface area (Å²) in [5.74, 6) is 0. The molecule has 0 atom stereocenters. The number of para-hydroxylation sites is 1. The molecule has 3 amide bonds. The van der Waals surface area contributed by atoms with Crippen molar-refractivity contribution in [3.8, 4) is 0 Å². The first-order valence-electron chi connectivity index (χ1n) is 12.0. The Labute approximate surface area is 206 Å². The topological polar surface area (TPSA) is 86.8 Å². The molecule has 0 aliphatic carbocycles. The van der Waals surface area contributed by atoms with Crippen LogP contribution < -0.4 is 10.6 Å². The van der Waals surface area contributed by atoms with E-state index < -0.39 is 5.60 Å². The molecular weight excluding hydrogens is 442 g/mol. The molecule has 2 N–H and O–H groups in total. The summed E-state index contributed by atoms with van der Waals surface area (Å²) in [5.41, 5.74) is 2.84. The van der Waals surface area contributed by atoms with E-state index in [0.717, 1.165) is 47.5 Å². The number of piperidine rings is 1. The van der Waals surface area contributed by atoms with Crippen LogP contribution in [0, 0.1) is 6.92 Å². The number of ether oxygens (including phenoxy) is 1. The Hall–Kier alpha value is -3.65. The number of benzene rings is 2. The van der Waals surface area contributed by atoms with Gasteiger partial charge in [0.2, 0.25) is 0 Å². The molecule has 0 unspecified atom stereocenters. The molecular formula is C27H33N5O3. The van der Waals surface area contributed by atoms with Gasteiger partial charge in [0.25, 0.3) is 0 Å².